The second-order valence-corrected chi connectivity index (χ2v) is 9.09. The van der Waals surface area contributed by atoms with E-state index in [0.717, 1.165) is 6.42 Å². The summed E-state index contributed by atoms with van der Waals surface area (Å²) in [6, 6.07) is 4.63. The van der Waals surface area contributed by atoms with Crippen LogP contribution >= 0.6 is 0 Å². The second-order valence-electron chi connectivity index (χ2n) is 7.15. The highest BCUT2D eigenvalue weighted by Crippen LogP contribution is 2.39. The van der Waals surface area contributed by atoms with Gasteiger partial charge >= 0.3 is 0 Å². The number of carbonyl (C=O) groups excluding carboxylic acids is 1. The Hall–Kier alpha value is -1.64. The van der Waals surface area contributed by atoms with Crippen LogP contribution in [0.25, 0.3) is 0 Å². The van der Waals surface area contributed by atoms with Gasteiger partial charge in [0, 0.05) is 19.0 Å². The van der Waals surface area contributed by atoms with Crippen LogP contribution in [0, 0.1) is 11.8 Å². The van der Waals surface area contributed by atoms with Crippen molar-refractivity contribution in [1.29, 1.82) is 0 Å². The van der Waals surface area contributed by atoms with Gasteiger partial charge in [-0.05, 0) is 44.4 Å². The summed E-state index contributed by atoms with van der Waals surface area (Å²) in [6.07, 6.45) is 0.769. The topological polar surface area (TPSA) is 84.9 Å². The van der Waals surface area contributed by atoms with Crippen molar-refractivity contribution in [1.82, 2.24) is 4.31 Å². The number of nitrogens with one attached hydrogen (secondary N) is 1. The highest BCUT2D eigenvalue weighted by atomic mass is 32.2. The number of hydrogen-bond donors (Lipinski definition) is 1. The van der Waals surface area contributed by atoms with Crippen LogP contribution in [0.4, 0.5) is 5.69 Å². The molecule has 0 spiro atoms. The minimum absolute atomic E-state index is 0.0126. The zero-order chi connectivity index (χ0) is 18.9. The van der Waals surface area contributed by atoms with Crippen molar-refractivity contribution in [3.05, 3.63) is 18.2 Å². The summed E-state index contributed by atoms with van der Waals surface area (Å²) < 4.78 is 38.1. The first-order chi connectivity index (χ1) is 12.3. The van der Waals surface area contributed by atoms with E-state index in [2.05, 4.69) is 5.32 Å². The Kier molecular flexibility index (Phi) is 5.55. The number of nitrogens with zero attached hydrogens (tertiary/aromatic N) is 1. The Bertz CT molecular complexity index is 772. The first-order valence-corrected chi connectivity index (χ1v) is 10.4. The van der Waals surface area contributed by atoms with Crippen molar-refractivity contribution in [3.8, 4) is 5.75 Å². The Morgan fingerprint density at radius 1 is 1.31 bits per heavy atom. The average molecular weight is 382 g/mol. The Labute approximate surface area is 154 Å². The van der Waals surface area contributed by atoms with Crippen LogP contribution < -0.4 is 10.1 Å². The molecule has 0 unspecified atom stereocenters. The lowest BCUT2D eigenvalue weighted by Gasteiger charge is -2.26. The van der Waals surface area contributed by atoms with Gasteiger partial charge in [-0.2, -0.15) is 4.31 Å². The van der Waals surface area contributed by atoms with Crippen LogP contribution in [0.1, 0.15) is 27.2 Å². The van der Waals surface area contributed by atoms with E-state index in [1.54, 1.807) is 6.07 Å². The van der Waals surface area contributed by atoms with E-state index >= 15 is 0 Å². The molecular weight excluding hydrogens is 356 g/mol. The molecule has 0 bridgehead atoms. The van der Waals surface area contributed by atoms with Crippen molar-refractivity contribution in [2.75, 3.05) is 31.6 Å². The van der Waals surface area contributed by atoms with Crippen molar-refractivity contribution >= 4 is 21.6 Å². The Balaban J connectivity index is 1.89. The molecule has 0 aromatic heterocycles. The second kappa shape index (κ2) is 7.54. The third-order valence-electron chi connectivity index (χ3n) is 4.63. The molecule has 1 saturated heterocycles. The number of morpholine rings is 1. The van der Waals surface area contributed by atoms with E-state index in [4.69, 9.17) is 9.47 Å². The highest BCUT2D eigenvalue weighted by Gasteiger charge is 2.39. The number of rotatable bonds is 6. The van der Waals surface area contributed by atoms with Gasteiger partial charge in [0.25, 0.3) is 0 Å². The third kappa shape index (κ3) is 4.19. The van der Waals surface area contributed by atoms with Crippen LogP contribution in [0.2, 0.25) is 0 Å². The smallest absolute Gasteiger partial charge is 0.243 e. The van der Waals surface area contributed by atoms with E-state index in [1.165, 1.54) is 16.4 Å². The molecule has 26 heavy (non-hydrogen) atoms. The first-order valence-electron chi connectivity index (χ1n) is 8.98. The maximum Gasteiger partial charge on any atom is 0.243 e. The molecule has 3 rings (SSSR count). The summed E-state index contributed by atoms with van der Waals surface area (Å²) in [5.41, 5.74) is 0.400. The van der Waals surface area contributed by atoms with Gasteiger partial charge in [-0.25, -0.2) is 8.42 Å². The molecule has 7 nitrogen and oxygen atoms in total. The minimum atomic E-state index is -3.63. The summed E-state index contributed by atoms with van der Waals surface area (Å²) in [6.45, 7) is 7.21. The van der Waals surface area contributed by atoms with E-state index in [0.29, 0.717) is 43.7 Å². The SMILES string of the molecule is CC(C)Oc1ccc(S(=O)(=O)N2CCOCC2)cc1NC(=O)[C@H]1C[C@H]1C. The number of benzene rings is 1. The standard InChI is InChI=1S/C18H26N2O5S/c1-12(2)25-17-5-4-14(26(22,23)20-6-8-24-9-7-20)11-16(17)19-18(21)15-10-13(15)3/h4-5,11-13,15H,6-10H2,1-3H3,(H,19,21)/t13-,15+/m1/s1. The summed E-state index contributed by atoms with van der Waals surface area (Å²) in [4.78, 5) is 12.5. The number of anilines is 1. The van der Waals surface area contributed by atoms with Crippen LogP contribution in [0.3, 0.4) is 0 Å². The quantitative estimate of drug-likeness (QED) is 0.814. The van der Waals surface area contributed by atoms with Crippen molar-refractivity contribution in [2.24, 2.45) is 11.8 Å². The van der Waals surface area contributed by atoms with Crippen LogP contribution in [0.15, 0.2) is 23.1 Å². The van der Waals surface area contributed by atoms with Gasteiger partial charge in [0.2, 0.25) is 15.9 Å². The lowest BCUT2D eigenvalue weighted by Crippen LogP contribution is -2.40. The van der Waals surface area contributed by atoms with Gasteiger partial charge in [0.15, 0.2) is 0 Å². The molecule has 1 aromatic rings. The van der Waals surface area contributed by atoms with Gasteiger partial charge in [0.1, 0.15) is 5.75 Å². The summed E-state index contributed by atoms with van der Waals surface area (Å²) in [5.74, 6) is 0.737. The van der Waals surface area contributed by atoms with Gasteiger partial charge in [-0.15, -0.1) is 0 Å². The maximum absolute atomic E-state index is 12.9. The molecule has 1 N–H and O–H groups in total. The molecule has 1 saturated carbocycles. The molecule has 1 aliphatic carbocycles. The fourth-order valence-electron chi connectivity index (χ4n) is 2.97. The van der Waals surface area contributed by atoms with Crippen molar-refractivity contribution in [2.45, 2.75) is 38.2 Å². The highest BCUT2D eigenvalue weighted by molar-refractivity contribution is 7.89. The number of hydrogen-bond acceptors (Lipinski definition) is 5. The summed E-state index contributed by atoms with van der Waals surface area (Å²) in [5, 5.41) is 2.85. The van der Waals surface area contributed by atoms with E-state index in [-0.39, 0.29) is 22.8 Å². The van der Waals surface area contributed by atoms with Crippen LogP contribution in [-0.2, 0) is 19.6 Å². The fourth-order valence-corrected chi connectivity index (χ4v) is 4.41. The Morgan fingerprint density at radius 2 is 1.96 bits per heavy atom. The predicted octanol–water partition coefficient (Wildman–Crippen LogP) is 2.09. The normalized spacial score (nSPS) is 23.7. The van der Waals surface area contributed by atoms with E-state index < -0.39 is 10.0 Å². The third-order valence-corrected chi connectivity index (χ3v) is 6.52. The number of sulfonamides is 1. The number of ether oxygens (including phenoxy) is 2. The molecule has 144 valence electrons. The maximum atomic E-state index is 12.9. The Morgan fingerprint density at radius 3 is 2.54 bits per heavy atom. The lowest BCUT2D eigenvalue weighted by molar-refractivity contribution is -0.117. The summed E-state index contributed by atoms with van der Waals surface area (Å²) >= 11 is 0. The predicted molar refractivity (Wildman–Crippen MR) is 97.7 cm³/mol. The average Bonchev–Trinajstić information content (AvgIpc) is 3.33. The van der Waals surface area contributed by atoms with Crippen LogP contribution in [-0.4, -0.2) is 51.0 Å². The first kappa shape index (κ1) is 19.1. The zero-order valence-corrected chi connectivity index (χ0v) is 16.2. The molecule has 2 aliphatic rings. The molecule has 8 heteroatoms. The molecular formula is C18H26N2O5S. The molecule has 0 radical (unpaired) electrons. The molecule has 1 aliphatic heterocycles. The number of carbonyl (C=O) groups is 1. The zero-order valence-electron chi connectivity index (χ0n) is 15.4. The van der Waals surface area contributed by atoms with Gasteiger partial charge < -0.3 is 14.8 Å². The van der Waals surface area contributed by atoms with Crippen LogP contribution in [0.5, 0.6) is 5.75 Å². The molecule has 2 atom stereocenters. The fraction of sp³-hybridized carbons (Fsp3) is 0.611. The minimum Gasteiger partial charge on any atom is -0.489 e. The molecule has 1 amide bonds. The number of amides is 1. The van der Waals surface area contributed by atoms with Gasteiger partial charge in [-0.1, -0.05) is 6.92 Å². The largest absolute Gasteiger partial charge is 0.489 e. The van der Waals surface area contributed by atoms with Crippen molar-refractivity contribution in [3.63, 3.8) is 0 Å². The molecule has 2 fully saturated rings. The lowest BCUT2D eigenvalue weighted by atomic mass is 10.2. The molecule has 1 heterocycles. The summed E-state index contributed by atoms with van der Waals surface area (Å²) in [7, 11) is -3.63. The van der Waals surface area contributed by atoms with E-state index in [1.807, 2.05) is 20.8 Å². The van der Waals surface area contributed by atoms with Gasteiger partial charge in [0.05, 0.1) is 29.9 Å². The van der Waals surface area contributed by atoms with E-state index in [9.17, 15) is 13.2 Å². The van der Waals surface area contributed by atoms with Crippen molar-refractivity contribution < 1.29 is 22.7 Å². The molecule has 1 aromatic carbocycles. The monoisotopic (exact) mass is 382 g/mol. The van der Waals surface area contributed by atoms with Gasteiger partial charge in [-0.3, -0.25) is 4.79 Å².